The number of hydrogen-bond acceptors (Lipinski definition) is 4. The predicted octanol–water partition coefficient (Wildman–Crippen LogP) is 4.53. The van der Waals surface area contributed by atoms with Gasteiger partial charge in [-0.2, -0.15) is 0 Å². The van der Waals surface area contributed by atoms with Crippen molar-refractivity contribution in [3.05, 3.63) is 96.4 Å². The molecule has 0 spiro atoms. The van der Waals surface area contributed by atoms with E-state index in [9.17, 15) is 9.59 Å². The molecule has 0 aliphatic heterocycles. The standard InChI is InChI=1S/C24H26N2O4/c1-5-30-18(3)25-22-11-6-8-19(14-22)16-26(4)23(27)13-12-17(2)20-9-7-10-21(15-20)24(28)29/h6-15,25H,2-3,5,16H2,1,4H3,(H,28,29)/b13-12-. The fourth-order valence-electron chi connectivity index (χ4n) is 2.72. The summed E-state index contributed by atoms with van der Waals surface area (Å²) in [7, 11) is 1.71. The van der Waals surface area contributed by atoms with Gasteiger partial charge in [-0.15, -0.1) is 0 Å². The van der Waals surface area contributed by atoms with Crippen LogP contribution in [0.3, 0.4) is 0 Å². The average molecular weight is 406 g/mol. The van der Waals surface area contributed by atoms with Gasteiger partial charge in [-0.3, -0.25) is 4.79 Å². The van der Waals surface area contributed by atoms with Gasteiger partial charge in [-0.1, -0.05) is 30.8 Å². The second kappa shape index (κ2) is 10.7. The fourth-order valence-corrected chi connectivity index (χ4v) is 2.72. The molecule has 6 nitrogen and oxygen atoms in total. The van der Waals surface area contributed by atoms with E-state index >= 15 is 0 Å². The minimum Gasteiger partial charge on any atom is -0.480 e. The molecule has 0 unspecified atom stereocenters. The summed E-state index contributed by atoms with van der Waals surface area (Å²) in [4.78, 5) is 25.1. The maximum absolute atomic E-state index is 12.5. The number of hydrogen-bond donors (Lipinski definition) is 2. The van der Waals surface area contributed by atoms with Crippen LogP contribution < -0.4 is 5.32 Å². The minimum absolute atomic E-state index is 0.172. The number of carbonyl (C=O) groups excluding carboxylic acids is 1. The second-order valence-corrected chi connectivity index (χ2v) is 6.62. The van der Waals surface area contributed by atoms with Gasteiger partial charge in [0.2, 0.25) is 5.91 Å². The van der Waals surface area contributed by atoms with Crippen LogP contribution in [0.25, 0.3) is 5.57 Å². The number of benzene rings is 2. The number of carbonyl (C=O) groups is 2. The zero-order valence-corrected chi connectivity index (χ0v) is 17.2. The number of ether oxygens (including phenoxy) is 1. The van der Waals surface area contributed by atoms with Crippen molar-refractivity contribution in [1.29, 1.82) is 0 Å². The molecule has 0 bridgehead atoms. The number of anilines is 1. The zero-order chi connectivity index (χ0) is 22.1. The van der Waals surface area contributed by atoms with Gasteiger partial charge in [0.05, 0.1) is 12.2 Å². The molecule has 0 saturated heterocycles. The smallest absolute Gasteiger partial charge is 0.335 e. The number of aromatic carboxylic acids is 1. The average Bonchev–Trinajstić information content (AvgIpc) is 2.72. The van der Waals surface area contributed by atoms with Crippen molar-refractivity contribution < 1.29 is 19.4 Å². The number of carboxylic acid groups (broad SMARTS) is 1. The van der Waals surface area contributed by atoms with Crippen LogP contribution in [0.1, 0.15) is 28.4 Å². The fraction of sp³-hybridized carbons (Fsp3) is 0.167. The molecule has 2 N–H and O–H groups in total. The van der Waals surface area contributed by atoms with E-state index in [1.54, 1.807) is 30.2 Å². The number of amides is 1. The van der Waals surface area contributed by atoms with Crippen LogP contribution in [0.2, 0.25) is 0 Å². The molecule has 2 aromatic carbocycles. The molecule has 2 aromatic rings. The lowest BCUT2D eigenvalue weighted by atomic mass is 10.0. The molecule has 0 saturated carbocycles. The van der Waals surface area contributed by atoms with Gasteiger partial charge in [0.1, 0.15) is 0 Å². The van der Waals surface area contributed by atoms with E-state index in [-0.39, 0.29) is 11.5 Å². The summed E-state index contributed by atoms with van der Waals surface area (Å²) in [5.41, 5.74) is 3.15. The number of rotatable bonds is 10. The molecule has 1 amide bonds. The van der Waals surface area contributed by atoms with E-state index in [4.69, 9.17) is 9.84 Å². The Morgan fingerprint density at radius 1 is 1.10 bits per heavy atom. The topological polar surface area (TPSA) is 78.9 Å². The summed E-state index contributed by atoms with van der Waals surface area (Å²) < 4.78 is 5.30. The summed E-state index contributed by atoms with van der Waals surface area (Å²) >= 11 is 0. The maximum Gasteiger partial charge on any atom is 0.335 e. The van der Waals surface area contributed by atoms with E-state index in [1.165, 1.54) is 18.2 Å². The Morgan fingerprint density at radius 3 is 2.50 bits per heavy atom. The van der Waals surface area contributed by atoms with Gasteiger partial charge in [0.15, 0.2) is 5.88 Å². The first kappa shape index (κ1) is 22.5. The van der Waals surface area contributed by atoms with Crippen LogP contribution in [0, 0.1) is 0 Å². The van der Waals surface area contributed by atoms with Crippen LogP contribution in [-0.4, -0.2) is 35.5 Å². The molecule has 6 heteroatoms. The molecule has 0 atom stereocenters. The van der Waals surface area contributed by atoms with Gasteiger partial charge >= 0.3 is 5.97 Å². The minimum atomic E-state index is -1.01. The number of allylic oxidation sites excluding steroid dienone is 2. The van der Waals surface area contributed by atoms with Crippen molar-refractivity contribution in [3.8, 4) is 0 Å². The molecule has 2 rings (SSSR count). The molecule has 0 radical (unpaired) electrons. The van der Waals surface area contributed by atoms with Crippen LogP contribution in [-0.2, 0) is 16.1 Å². The molecule has 0 aliphatic carbocycles. The third kappa shape index (κ3) is 6.67. The SMILES string of the molecule is C=C(Nc1cccc(CN(C)C(=O)/C=C\C(=C)c2cccc(C(=O)O)c2)c1)OCC. The van der Waals surface area contributed by atoms with Crippen molar-refractivity contribution in [1.82, 2.24) is 4.90 Å². The highest BCUT2D eigenvalue weighted by atomic mass is 16.5. The van der Waals surface area contributed by atoms with Crippen LogP contribution in [0.15, 0.2) is 79.7 Å². The van der Waals surface area contributed by atoms with E-state index in [1.807, 2.05) is 31.2 Å². The number of nitrogens with zero attached hydrogens (tertiary/aromatic N) is 1. The summed E-state index contributed by atoms with van der Waals surface area (Å²) in [6, 6.07) is 14.1. The maximum atomic E-state index is 12.5. The van der Waals surface area contributed by atoms with Gasteiger partial charge in [-0.05, 0) is 60.5 Å². The number of likely N-dealkylation sites (N-methyl/N-ethyl adjacent to an activating group) is 1. The lowest BCUT2D eigenvalue weighted by Crippen LogP contribution is -2.24. The van der Waals surface area contributed by atoms with Gasteiger partial charge in [0, 0.05) is 25.4 Å². The molecule has 0 aromatic heterocycles. The van der Waals surface area contributed by atoms with Crippen molar-refractivity contribution in [3.63, 3.8) is 0 Å². The third-order valence-electron chi connectivity index (χ3n) is 4.23. The summed E-state index contributed by atoms with van der Waals surface area (Å²) in [6.07, 6.45) is 3.01. The van der Waals surface area contributed by atoms with Crippen molar-refractivity contribution >= 4 is 23.1 Å². The van der Waals surface area contributed by atoms with Crippen molar-refractivity contribution in [2.45, 2.75) is 13.5 Å². The largest absolute Gasteiger partial charge is 0.480 e. The molecule has 0 heterocycles. The molecule has 30 heavy (non-hydrogen) atoms. The lowest BCUT2D eigenvalue weighted by molar-refractivity contribution is -0.125. The van der Waals surface area contributed by atoms with Crippen LogP contribution in [0.5, 0.6) is 0 Å². The molecular weight excluding hydrogens is 380 g/mol. The second-order valence-electron chi connectivity index (χ2n) is 6.62. The molecule has 0 fully saturated rings. The number of carboxylic acids is 1. The Bertz CT molecular complexity index is 979. The Balaban J connectivity index is 1.99. The molecule has 0 aliphatic rings. The van der Waals surface area contributed by atoms with Gasteiger partial charge < -0.3 is 20.1 Å². The highest BCUT2D eigenvalue weighted by Crippen LogP contribution is 2.17. The van der Waals surface area contributed by atoms with Crippen LogP contribution in [0.4, 0.5) is 5.69 Å². The van der Waals surface area contributed by atoms with E-state index < -0.39 is 5.97 Å². The van der Waals surface area contributed by atoms with Gasteiger partial charge in [-0.25, -0.2) is 4.79 Å². The first-order chi connectivity index (χ1) is 14.3. The first-order valence-electron chi connectivity index (χ1n) is 9.43. The lowest BCUT2D eigenvalue weighted by Gasteiger charge is -2.16. The van der Waals surface area contributed by atoms with Crippen molar-refractivity contribution in [2.75, 3.05) is 19.0 Å². The Morgan fingerprint density at radius 2 is 1.80 bits per heavy atom. The summed E-state index contributed by atoms with van der Waals surface area (Å²) in [5.74, 6) is -0.735. The highest BCUT2D eigenvalue weighted by molar-refractivity contribution is 5.92. The summed E-state index contributed by atoms with van der Waals surface area (Å²) in [5, 5.41) is 12.2. The molecular formula is C24H26N2O4. The van der Waals surface area contributed by atoms with E-state index in [2.05, 4.69) is 18.5 Å². The van der Waals surface area contributed by atoms with Crippen LogP contribution >= 0.6 is 0 Å². The number of nitrogens with one attached hydrogen (secondary N) is 1. The van der Waals surface area contributed by atoms with Gasteiger partial charge in [0.25, 0.3) is 0 Å². The van der Waals surface area contributed by atoms with E-state index in [0.29, 0.717) is 30.2 Å². The predicted molar refractivity (Wildman–Crippen MR) is 119 cm³/mol. The summed E-state index contributed by atoms with van der Waals surface area (Å²) in [6.45, 7) is 10.5. The Hall–Kier alpha value is -3.80. The third-order valence-corrected chi connectivity index (χ3v) is 4.23. The highest BCUT2D eigenvalue weighted by Gasteiger charge is 2.08. The monoisotopic (exact) mass is 406 g/mol. The van der Waals surface area contributed by atoms with Crippen molar-refractivity contribution in [2.24, 2.45) is 0 Å². The molecule has 156 valence electrons. The van der Waals surface area contributed by atoms with E-state index in [0.717, 1.165) is 11.3 Å². The first-order valence-corrected chi connectivity index (χ1v) is 9.43. The zero-order valence-electron chi connectivity index (χ0n) is 17.2. The Labute approximate surface area is 176 Å². The quantitative estimate of drug-likeness (QED) is 0.344. The normalized spacial score (nSPS) is 10.5. The Kier molecular flexibility index (Phi) is 7.99.